The molecular weight excluding hydrogens is 290 g/mol. The van der Waals surface area contributed by atoms with Gasteiger partial charge < -0.3 is 10.4 Å². The van der Waals surface area contributed by atoms with E-state index in [0.29, 0.717) is 12.2 Å². The SMILES string of the molecule is O=C(O)CCN(C(=O)NCc1cncs1)c1ccccc1. The Bertz CT molecular complexity index is 587. The van der Waals surface area contributed by atoms with Gasteiger partial charge in [-0.05, 0) is 12.1 Å². The van der Waals surface area contributed by atoms with Crippen LogP contribution >= 0.6 is 11.3 Å². The molecule has 7 heteroatoms. The summed E-state index contributed by atoms with van der Waals surface area (Å²) in [4.78, 5) is 29.3. The van der Waals surface area contributed by atoms with Crippen molar-refractivity contribution in [2.75, 3.05) is 11.4 Å². The molecule has 0 fully saturated rings. The van der Waals surface area contributed by atoms with Gasteiger partial charge in [-0.25, -0.2) is 4.79 Å². The molecule has 2 N–H and O–H groups in total. The van der Waals surface area contributed by atoms with Crippen LogP contribution < -0.4 is 10.2 Å². The second-order valence-electron chi connectivity index (χ2n) is 4.26. The number of benzene rings is 1. The summed E-state index contributed by atoms with van der Waals surface area (Å²) in [6.45, 7) is 0.494. The number of anilines is 1. The summed E-state index contributed by atoms with van der Waals surface area (Å²) < 4.78 is 0. The van der Waals surface area contributed by atoms with Crippen molar-refractivity contribution in [2.45, 2.75) is 13.0 Å². The zero-order valence-electron chi connectivity index (χ0n) is 11.2. The predicted molar refractivity (Wildman–Crippen MR) is 80.4 cm³/mol. The van der Waals surface area contributed by atoms with Gasteiger partial charge >= 0.3 is 12.0 Å². The first-order valence-electron chi connectivity index (χ1n) is 6.36. The minimum absolute atomic E-state index is 0.108. The smallest absolute Gasteiger partial charge is 0.322 e. The fraction of sp³-hybridized carbons (Fsp3) is 0.214. The Morgan fingerprint density at radius 2 is 2.05 bits per heavy atom. The number of urea groups is 1. The van der Waals surface area contributed by atoms with Crippen LogP contribution in [0.4, 0.5) is 10.5 Å². The first kappa shape index (κ1) is 15.0. The standard InChI is InChI=1S/C14H15N3O3S/c18-13(19)6-7-17(11-4-2-1-3-5-11)14(20)16-9-12-8-15-10-21-12/h1-5,8,10H,6-7,9H2,(H,16,20)(H,18,19). The number of rotatable bonds is 6. The van der Waals surface area contributed by atoms with Crippen molar-refractivity contribution < 1.29 is 14.7 Å². The summed E-state index contributed by atoms with van der Waals surface area (Å²) in [5.41, 5.74) is 2.36. The van der Waals surface area contributed by atoms with Crippen molar-refractivity contribution in [1.82, 2.24) is 10.3 Å². The number of carbonyl (C=O) groups excluding carboxylic acids is 1. The molecule has 0 atom stereocenters. The van der Waals surface area contributed by atoms with Crippen LogP contribution in [0.15, 0.2) is 42.0 Å². The first-order chi connectivity index (χ1) is 10.2. The van der Waals surface area contributed by atoms with Gasteiger partial charge in [0, 0.05) is 23.3 Å². The average molecular weight is 305 g/mol. The maximum Gasteiger partial charge on any atom is 0.322 e. The number of para-hydroxylation sites is 1. The molecule has 0 aliphatic carbocycles. The second kappa shape index (κ2) is 7.39. The van der Waals surface area contributed by atoms with E-state index in [4.69, 9.17) is 5.11 Å². The van der Waals surface area contributed by atoms with Gasteiger partial charge in [0.25, 0.3) is 0 Å². The van der Waals surface area contributed by atoms with Crippen LogP contribution in [0.25, 0.3) is 0 Å². The topological polar surface area (TPSA) is 82.5 Å². The first-order valence-corrected chi connectivity index (χ1v) is 7.24. The number of carbonyl (C=O) groups is 2. The fourth-order valence-corrected chi connectivity index (χ4v) is 2.29. The Hall–Kier alpha value is -2.41. The summed E-state index contributed by atoms with van der Waals surface area (Å²) in [5, 5.41) is 11.6. The summed E-state index contributed by atoms with van der Waals surface area (Å²) >= 11 is 1.45. The van der Waals surface area contributed by atoms with E-state index in [0.717, 1.165) is 4.88 Å². The molecule has 2 amide bonds. The Morgan fingerprint density at radius 1 is 1.29 bits per heavy atom. The van der Waals surface area contributed by atoms with Gasteiger partial charge in [0.15, 0.2) is 0 Å². The normalized spacial score (nSPS) is 10.1. The van der Waals surface area contributed by atoms with Crippen LogP contribution in [-0.4, -0.2) is 28.6 Å². The summed E-state index contributed by atoms with van der Waals surface area (Å²) in [5.74, 6) is -0.939. The molecular formula is C14H15N3O3S. The maximum atomic E-state index is 12.3. The summed E-state index contributed by atoms with van der Waals surface area (Å²) in [6.07, 6.45) is 1.58. The number of carboxylic acids is 1. The molecule has 1 heterocycles. The van der Waals surface area contributed by atoms with Crippen molar-refractivity contribution >= 4 is 29.0 Å². The van der Waals surface area contributed by atoms with E-state index in [1.54, 1.807) is 36.0 Å². The molecule has 21 heavy (non-hydrogen) atoms. The Balaban J connectivity index is 2.03. The number of aromatic nitrogens is 1. The number of hydrogen-bond donors (Lipinski definition) is 2. The quantitative estimate of drug-likeness (QED) is 0.858. The zero-order valence-corrected chi connectivity index (χ0v) is 12.0. The molecule has 0 saturated carbocycles. The van der Waals surface area contributed by atoms with Crippen LogP contribution in [0.3, 0.4) is 0 Å². The molecule has 0 radical (unpaired) electrons. The lowest BCUT2D eigenvalue weighted by molar-refractivity contribution is -0.136. The van der Waals surface area contributed by atoms with E-state index in [-0.39, 0.29) is 19.0 Å². The number of thiazole rings is 1. The lowest BCUT2D eigenvalue weighted by Crippen LogP contribution is -2.40. The summed E-state index contributed by atoms with van der Waals surface area (Å²) in [6, 6.07) is 8.67. The molecule has 0 bridgehead atoms. The third-order valence-electron chi connectivity index (χ3n) is 2.76. The number of amides is 2. The zero-order chi connectivity index (χ0) is 15.1. The van der Waals surface area contributed by atoms with Gasteiger partial charge in [-0.2, -0.15) is 0 Å². The van der Waals surface area contributed by atoms with Crippen LogP contribution in [0, 0.1) is 0 Å². The van der Waals surface area contributed by atoms with Gasteiger partial charge in [0.2, 0.25) is 0 Å². The largest absolute Gasteiger partial charge is 0.481 e. The Labute approximate surface area is 126 Å². The van der Waals surface area contributed by atoms with Gasteiger partial charge in [-0.3, -0.25) is 14.7 Å². The Morgan fingerprint density at radius 3 is 2.67 bits per heavy atom. The van der Waals surface area contributed by atoms with Gasteiger partial charge in [-0.15, -0.1) is 11.3 Å². The molecule has 0 spiro atoms. The highest BCUT2D eigenvalue weighted by atomic mass is 32.1. The molecule has 2 rings (SSSR count). The number of aliphatic carboxylic acids is 1. The minimum Gasteiger partial charge on any atom is -0.481 e. The van der Waals surface area contributed by atoms with E-state index in [1.165, 1.54) is 16.2 Å². The lowest BCUT2D eigenvalue weighted by Gasteiger charge is -2.22. The van der Waals surface area contributed by atoms with Crippen molar-refractivity contribution in [3.63, 3.8) is 0 Å². The van der Waals surface area contributed by atoms with Crippen LogP contribution in [0.5, 0.6) is 0 Å². The third kappa shape index (κ3) is 4.57. The van der Waals surface area contributed by atoms with Crippen LogP contribution in [0.1, 0.15) is 11.3 Å². The van der Waals surface area contributed by atoms with Gasteiger partial charge in [0.05, 0.1) is 18.5 Å². The molecule has 0 saturated heterocycles. The number of nitrogens with zero attached hydrogens (tertiary/aromatic N) is 2. The molecule has 110 valence electrons. The molecule has 2 aromatic rings. The van der Waals surface area contributed by atoms with Crippen molar-refractivity contribution in [3.8, 4) is 0 Å². The number of hydrogen-bond acceptors (Lipinski definition) is 4. The highest BCUT2D eigenvalue weighted by molar-refractivity contribution is 7.09. The number of carboxylic acid groups (broad SMARTS) is 1. The van der Waals surface area contributed by atoms with E-state index in [9.17, 15) is 9.59 Å². The predicted octanol–water partition coefficient (Wildman–Crippen LogP) is 2.33. The third-order valence-corrected chi connectivity index (χ3v) is 3.54. The van der Waals surface area contributed by atoms with Crippen LogP contribution in [0.2, 0.25) is 0 Å². The fourth-order valence-electron chi connectivity index (χ4n) is 1.75. The average Bonchev–Trinajstić information content (AvgIpc) is 2.99. The molecule has 1 aromatic carbocycles. The highest BCUT2D eigenvalue weighted by Gasteiger charge is 2.16. The molecule has 6 nitrogen and oxygen atoms in total. The van der Waals surface area contributed by atoms with Crippen molar-refractivity contribution in [3.05, 3.63) is 46.9 Å². The van der Waals surface area contributed by atoms with Gasteiger partial charge in [-0.1, -0.05) is 18.2 Å². The molecule has 0 unspecified atom stereocenters. The monoisotopic (exact) mass is 305 g/mol. The van der Waals surface area contributed by atoms with Crippen LogP contribution in [-0.2, 0) is 11.3 Å². The molecule has 0 aliphatic heterocycles. The van der Waals surface area contributed by atoms with Crippen molar-refractivity contribution in [1.29, 1.82) is 0 Å². The molecule has 1 aromatic heterocycles. The van der Waals surface area contributed by atoms with E-state index >= 15 is 0 Å². The van der Waals surface area contributed by atoms with E-state index < -0.39 is 5.97 Å². The summed E-state index contributed by atoms with van der Waals surface area (Å²) in [7, 11) is 0. The number of nitrogens with one attached hydrogen (secondary N) is 1. The van der Waals surface area contributed by atoms with E-state index in [1.807, 2.05) is 6.07 Å². The Kier molecular flexibility index (Phi) is 5.28. The maximum absolute atomic E-state index is 12.3. The van der Waals surface area contributed by atoms with E-state index in [2.05, 4.69) is 10.3 Å². The lowest BCUT2D eigenvalue weighted by atomic mass is 10.2. The minimum atomic E-state index is -0.939. The second-order valence-corrected chi connectivity index (χ2v) is 5.23. The van der Waals surface area contributed by atoms with Gasteiger partial charge in [0.1, 0.15) is 0 Å². The van der Waals surface area contributed by atoms with Crippen molar-refractivity contribution in [2.24, 2.45) is 0 Å². The molecule has 0 aliphatic rings. The highest BCUT2D eigenvalue weighted by Crippen LogP contribution is 2.14.